The molecule has 1 N–H and O–H groups in total. The van der Waals surface area contributed by atoms with E-state index in [-0.39, 0.29) is 0 Å². The van der Waals surface area contributed by atoms with Gasteiger partial charge in [0, 0.05) is 12.6 Å². The highest BCUT2D eigenvalue weighted by molar-refractivity contribution is 5.21. The summed E-state index contributed by atoms with van der Waals surface area (Å²) in [4.78, 5) is 2.29. The van der Waals surface area contributed by atoms with Crippen LogP contribution in [0.2, 0.25) is 0 Å². The van der Waals surface area contributed by atoms with Gasteiger partial charge in [0.1, 0.15) is 0 Å². The van der Waals surface area contributed by atoms with E-state index < -0.39 is 5.60 Å². The molecule has 88 valence electrons. The first kappa shape index (κ1) is 11.6. The molecule has 0 aromatic heterocycles. The molecular formula is C14H21NO. The molecule has 0 bridgehead atoms. The Morgan fingerprint density at radius 1 is 1.31 bits per heavy atom. The molecule has 1 aromatic carbocycles. The van der Waals surface area contributed by atoms with E-state index in [4.69, 9.17) is 0 Å². The summed E-state index contributed by atoms with van der Waals surface area (Å²) in [6.45, 7) is 2.61. The monoisotopic (exact) mass is 219 g/mol. The van der Waals surface area contributed by atoms with Crippen molar-refractivity contribution in [2.24, 2.45) is 0 Å². The van der Waals surface area contributed by atoms with Crippen molar-refractivity contribution in [3.8, 4) is 0 Å². The van der Waals surface area contributed by atoms with Crippen molar-refractivity contribution in [3.63, 3.8) is 0 Å². The van der Waals surface area contributed by atoms with E-state index in [1.165, 1.54) is 19.3 Å². The van der Waals surface area contributed by atoms with Crippen molar-refractivity contribution in [2.75, 3.05) is 13.6 Å². The quantitative estimate of drug-likeness (QED) is 0.840. The lowest BCUT2D eigenvalue weighted by Gasteiger charge is -2.39. The normalized spacial score (nSPS) is 20.5. The zero-order valence-electron chi connectivity index (χ0n) is 10.2. The Labute approximate surface area is 97.9 Å². The highest BCUT2D eigenvalue weighted by Gasteiger charge is 2.29. The van der Waals surface area contributed by atoms with E-state index in [1.54, 1.807) is 0 Å². The summed E-state index contributed by atoms with van der Waals surface area (Å²) < 4.78 is 0. The predicted molar refractivity (Wildman–Crippen MR) is 66.3 cm³/mol. The van der Waals surface area contributed by atoms with Crippen molar-refractivity contribution in [1.82, 2.24) is 4.90 Å². The molecule has 1 aromatic rings. The number of likely N-dealkylation sites (N-methyl/N-ethyl adjacent to an activating group) is 1. The largest absolute Gasteiger partial charge is 0.384 e. The summed E-state index contributed by atoms with van der Waals surface area (Å²) >= 11 is 0. The maximum atomic E-state index is 10.5. The number of nitrogens with zero attached hydrogens (tertiary/aromatic N) is 1. The zero-order valence-corrected chi connectivity index (χ0v) is 10.2. The Bertz CT molecular complexity index is 330. The Morgan fingerprint density at radius 2 is 1.94 bits per heavy atom. The second-order valence-electron chi connectivity index (χ2n) is 5.14. The van der Waals surface area contributed by atoms with Gasteiger partial charge in [0.25, 0.3) is 0 Å². The number of benzene rings is 1. The van der Waals surface area contributed by atoms with Gasteiger partial charge in [0.05, 0.1) is 5.60 Å². The number of hydrogen-bond donors (Lipinski definition) is 1. The highest BCUT2D eigenvalue weighted by Crippen LogP contribution is 2.28. The van der Waals surface area contributed by atoms with Crippen molar-refractivity contribution >= 4 is 0 Å². The number of hydrogen-bond acceptors (Lipinski definition) is 2. The molecule has 0 spiro atoms. The standard InChI is InChI=1S/C14H21NO/c1-14(16,12-7-4-3-5-8-12)11-15(2)13-9-6-10-13/h3-5,7-8,13,16H,6,9-11H2,1-2H3. The first-order valence-electron chi connectivity index (χ1n) is 6.08. The molecule has 1 atom stereocenters. The van der Waals surface area contributed by atoms with E-state index in [0.717, 1.165) is 5.56 Å². The van der Waals surface area contributed by atoms with Gasteiger partial charge in [0.2, 0.25) is 0 Å². The molecule has 0 heterocycles. The van der Waals surface area contributed by atoms with Crippen molar-refractivity contribution < 1.29 is 5.11 Å². The molecular weight excluding hydrogens is 198 g/mol. The van der Waals surface area contributed by atoms with Crippen LogP contribution in [-0.2, 0) is 5.60 Å². The summed E-state index contributed by atoms with van der Waals surface area (Å²) in [5.41, 5.74) is 0.257. The third-order valence-electron chi connectivity index (χ3n) is 3.65. The molecule has 2 rings (SSSR count). The minimum Gasteiger partial charge on any atom is -0.384 e. The van der Waals surface area contributed by atoms with Gasteiger partial charge < -0.3 is 10.0 Å². The van der Waals surface area contributed by atoms with Crippen LogP contribution in [0.15, 0.2) is 30.3 Å². The molecule has 16 heavy (non-hydrogen) atoms. The average Bonchev–Trinajstić information content (AvgIpc) is 2.15. The Morgan fingerprint density at radius 3 is 2.44 bits per heavy atom. The molecule has 1 aliphatic carbocycles. The van der Waals surface area contributed by atoms with Crippen LogP contribution in [0, 0.1) is 0 Å². The van der Waals surface area contributed by atoms with Crippen LogP contribution >= 0.6 is 0 Å². The van der Waals surface area contributed by atoms with E-state index >= 15 is 0 Å². The molecule has 1 saturated carbocycles. The van der Waals surface area contributed by atoms with Crippen LogP contribution in [0.4, 0.5) is 0 Å². The maximum Gasteiger partial charge on any atom is 0.0994 e. The fourth-order valence-corrected chi connectivity index (χ4v) is 2.33. The van der Waals surface area contributed by atoms with Gasteiger partial charge >= 0.3 is 0 Å². The smallest absolute Gasteiger partial charge is 0.0994 e. The lowest BCUT2D eigenvalue weighted by atomic mass is 9.89. The second kappa shape index (κ2) is 4.56. The van der Waals surface area contributed by atoms with Gasteiger partial charge in [0.15, 0.2) is 0 Å². The van der Waals surface area contributed by atoms with Gasteiger partial charge in [-0.15, -0.1) is 0 Å². The third-order valence-corrected chi connectivity index (χ3v) is 3.65. The maximum absolute atomic E-state index is 10.5. The van der Waals surface area contributed by atoms with Gasteiger partial charge in [-0.25, -0.2) is 0 Å². The molecule has 2 heteroatoms. The van der Waals surface area contributed by atoms with Crippen molar-refractivity contribution in [1.29, 1.82) is 0 Å². The summed E-state index contributed by atoms with van der Waals surface area (Å²) in [5.74, 6) is 0. The van der Waals surface area contributed by atoms with Gasteiger partial charge in [-0.2, -0.15) is 0 Å². The molecule has 0 aliphatic heterocycles. The molecule has 1 unspecified atom stereocenters. The fourth-order valence-electron chi connectivity index (χ4n) is 2.33. The van der Waals surface area contributed by atoms with Crippen molar-refractivity contribution in [3.05, 3.63) is 35.9 Å². The summed E-state index contributed by atoms with van der Waals surface area (Å²) in [6, 6.07) is 10.6. The van der Waals surface area contributed by atoms with Crippen LogP contribution in [-0.4, -0.2) is 29.6 Å². The molecule has 1 aliphatic rings. The van der Waals surface area contributed by atoms with Crippen LogP contribution < -0.4 is 0 Å². The van der Waals surface area contributed by atoms with Crippen LogP contribution in [0.5, 0.6) is 0 Å². The lowest BCUT2D eigenvalue weighted by molar-refractivity contribution is -0.0000919. The summed E-state index contributed by atoms with van der Waals surface area (Å²) in [6.07, 6.45) is 3.89. The lowest BCUT2D eigenvalue weighted by Crippen LogP contribution is -2.44. The van der Waals surface area contributed by atoms with Gasteiger partial charge in [-0.05, 0) is 32.4 Å². The topological polar surface area (TPSA) is 23.5 Å². The highest BCUT2D eigenvalue weighted by atomic mass is 16.3. The number of rotatable bonds is 4. The summed E-state index contributed by atoms with van der Waals surface area (Å²) in [7, 11) is 2.11. The van der Waals surface area contributed by atoms with E-state index in [1.807, 2.05) is 37.3 Å². The Hall–Kier alpha value is -0.860. The second-order valence-corrected chi connectivity index (χ2v) is 5.14. The molecule has 0 saturated heterocycles. The SMILES string of the molecule is CN(CC(C)(O)c1ccccc1)C1CCC1. The first-order valence-corrected chi connectivity index (χ1v) is 6.08. The van der Waals surface area contributed by atoms with E-state index in [2.05, 4.69) is 11.9 Å². The Balaban J connectivity index is 2.01. The van der Waals surface area contributed by atoms with E-state index in [0.29, 0.717) is 12.6 Å². The first-order chi connectivity index (χ1) is 7.59. The average molecular weight is 219 g/mol. The molecule has 2 nitrogen and oxygen atoms in total. The van der Waals surface area contributed by atoms with Gasteiger partial charge in [-0.1, -0.05) is 36.8 Å². The van der Waals surface area contributed by atoms with Crippen LogP contribution in [0.25, 0.3) is 0 Å². The summed E-state index contributed by atoms with van der Waals surface area (Å²) in [5, 5.41) is 10.5. The predicted octanol–water partition coefficient (Wildman–Crippen LogP) is 2.38. The molecule has 1 fully saturated rings. The van der Waals surface area contributed by atoms with Crippen LogP contribution in [0.1, 0.15) is 31.7 Å². The molecule has 0 amide bonds. The number of aliphatic hydroxyl groups is 1. The molecule has 0 radical (unpaired) electrons. The van der Waals surface area contributed by atoms with Crippen LogP contribution in [0.3, 0.4) is 0 Å². The minimum atomic E-state index is -0.744. The fraction of sp³-hybridized carbons (Fsp3) is 0.571. The van der Waals surface area contributed by atoms with E-state index in [9.17, 15) is 5.11 Å². The third kappa shape index (κ3) is 2.45. The Kier molecular flexibility index (Phi) is 3.31. The minimum absolute atomic E-state index is 0.676. The van der Waals surface area contributed by atoms with Crippen molar-refractivity contribution in [2.45, 2.75) is 37.8 Å². The zero-order chi connectivity index (χ0) is 11.6. The van der Waals surface area contributed by atoms with Gasteiger partial charge in [-0.3, -0.25) is 0 Å².